The van der Waals surface area contributed by atoms with Crippen molar-refractivity contribution >= 4 is 17.5 Å². The van der Waals surface area contributed by atoms with Gasteiger partial charge in [-0.05, 0) is 75.4 Å². The van der Waals surface area contributed by atoms with Crippen LogP contribution in [-0.4, -0.2) is 36.5 Å². The maximum atomic E-state index is 12.7. The zero-order chi connectivity index (χ0) is 21.3. The first-order valence-corrected chi connectivity index (χ1v) is 11.4. The van der Waals surface area contributed by atoms with Crippen molar-refractivity contribution in [2.75, 3.05) is 19.6 Å². The van der Waals surface area contributed by atoms with E-state index in [9.17, 15) is 4.79 Å². The second-order valence-corrected chi connectivity index (χ2v) is 8.78. The van der Waals surface area contributed by atoms with E-state index in [-0.39, 0.29) is 17.9 Å². The van der Waals surface area contributed by atoms with Crippen LogP contribution in [-0.2, 0) is 17.8 Å². The Hall–Kier alpha value is -2.04. The molecule has 1 saturated heterocycles. The number of amides is 1. The molecule has 0 saturated carbocycles. The fourth-order valence-corrected chi connectivity index (χ4v) is 4.17. The molecule has 162 valence electrons. The first-order chi connectivity index (χ1) is 14.5. The van der Waals surface area contributed by atoms with Crippen LogP contribution in [0.25, 0.3) is 0 Å². The van der Waals surface area contributed by atoms with Crippen LogP contribution in [0.15, 0.2) is 48.5 Å². The van der Waals surface area contributed by atoms with Crippen molar-refractivity contribution in [1.29, 1.82) is 0 Å². The minimum Gasteiger partial charge on any atom is -0.491 e. The molecule has 30 heavy (non-hydrogen) atoms. The third-order valence-electron chi connectivity index (χ3n) is 5.44. The Balaban J connectivity index is 1.41. The number of piperidine rings is 1. The minimum absolute atomic E-state index is 0.0593. The number of benzene rings is 2. The van der Waals surface area contributed by atoms with Crippen molar-refractivity contribution in [2.24, 2.45) is 5.92 Å². The number of nitrogens with one attached hydrogen (secondary N) is 1. The highest BCUT2D eigenvalue weighted by Crippen LogP contribution is 2.22. The summed E-state index contributed by atoms with van der Waals surface area (Å²) >= 11 is 6.30. The molecule has 1 aliphatic heterocycles. The number of hydrogen-bond donors (Lipinski definition) is 1. The Morgan fingerprint density at radius 2 is 2.07 bits per heavy atom. The Labute approximate surface area is 185 Å². The summed E-state index contributed by atoms with van der Waals surface area (Å²) < 4.78 is 5.76. The average Bonchev–Trinajstić information content (AvgIpc) is 2.73. The van der Waals surface area contributed by atoms with Crippen LogP contribution < -0.4 is 10.1 Å². The molecule has 3 rings (SSSR count). The van der Waals surface area contributed by atoms with E-state index in [4.69, 9.17) is 16.3 Å². The number of carbonyl (C=O) groups is 1. The number of nitrogens with zero attached hydrogens (tertiary/aromatic N) is 1. The van der Waals surface area contributed by atoms with Gasteiger partial charge in [-0.3, -0.25) is 9.69 Å². The van der Waals surface area contributed by atoms with E-state index in [0.29, 0.717) is 6.54 Å². The molecule has 1 aliphatic rings. The van der Waals surface area contributed by atoms with Gasteiger partial charge in [-0.1, -0.05) is 41.9 Å². The third-order valence-corrected chi connectivity index (χ3v) is 5.81. The predicted octanol–water partition coefficient (Wildman–Crippen LogP) is 5.09. The van der Waals surface area contributed by atoms with Crippen molar-refractivity contribution in [2.45, 2.75) is 52.2 Å². The van der Waals surface area contributed by atoms with E-state index >= 15 is 0 Å². The molecule has 4 nitrogen and oxygen atoms in total. The largest absolute Gasteiger partial charge is 0.491 e. The smallest absolute Gasteiger partial charge is 0.224 e. The molecule has 2 aromatic carbocycles. The highest BCUT2D eigenvalue weighted by Gasteiger charge is 2.25. The summed E-state index contributed by atoms with van der Waals surface area (Å²) in [7, 11) is 0. The highest BCUT2D eigenvalue weighted by atomic mass is 35.5. The molecule has 0 unspecified atom stereocenters. The van der Waals surface area contributed by atoms with Gasteiger partial charge in [0.15, 0.2) is 0 Å². The molecule has 1 heterocycles. The Bertz CT molecular complexity index is 824. The average molecular weight is 429 g/mol. The van der Waals surface area contributed by atoms with Crippen LogP contribution in [0.4, 0.5) is 0 Å². The number of halogens is 1. The molecule has 0 aliphatic carbocycles. The zero-order valence-electron chi connectivity index (χ0n) is 18.1. The molecular formula is C25H33ClN2O2. The fraction of sp³-hybridized carbons (Fsp3) is 0.480. The summed E-state index contributed by atoms with van der Waals surface area (Å²) in [5.41, 5.74) is 2.37. The second-order valence-electron chi connectivity index (χ2n) is 8.37. The number of rotatable bonds is 9. The predicted molar refractivity (Wildman–Crippen MR) is 123 cm³/mol. The summed E-state index contributed by atoms with van der Waals surface area (Å²) in [5, 5.41) is 3.94. The Morgan fingerprint density at radius 1 is 1.23 bits per heavy atom. The van der Waals surface area contributed by atoms with Gasteiger partial charge in [-0.2, -0.15) is 0 Å². The van der Waals surface area contributed by atoms with Crippen LogP contribution in [0, 0.1) is 5.92 Å². The molecular weight excluding hydrogens is 396 g/mol. The summed E-state index contributed by atoms with van der Waals surface area (Å²) in [5.74, 6) is 1.15. The lowest BCUT2D eigenvalue weighted by atomic mass is 9.96. The monoisotopic (exact) mass is 428 g/mol. The first-order valence-electron chi connectivity index (χ1n) is 11.0. The van der Waals surface area contributed by atoms with Crippen molar-refractivity contribution in [3.05, 3.63) is 64.7 Å². The summed E-state index contributed by atoms with van der Waals surface area (Å²) in [6.45, 7) is 7.38. The number of carbonyl (C=O) groups excluding carboxylic acids is 1. The normalized spacial score (nSPS) is 17.1. The maximum absolute atomic E-state index is 12.7. The van der Waals surface area contributed by atoms with E-state index in [0.717, 1.165) is 61.7 Å². The Morgan fingerprint density at radius 3 is 2.87 bits per heavy atom. The van der Waals surface area contributed by atoms with Gasteiger partial charge in [0, 0.05) is 24.7 Å². The number of aryl methyl sites for hydroxylation is 1. The fourth-order valence-electron chi connectivity index (χ4n) is 3.98. The molecule has 5 heteroatoms. The van der Waals surface area contributed by atoms with Crippen LogP contribution in [0.2, 0.25) is 5.02 Å². The van der Waals surface area contributed by atoms with Gasteiger partial charge in [0.2, 0.25) is 5.91 Å². The van der Waals surface area contributed by atoms with Crippen molar-refractivity contribution < 1.29 is 9.53 Å². The molecule has 0 radical (unpaired) electrons. The second kappa shape index (κ2) is 11.4. The molecule has 1 N–H and O–H groups in total. The van der Waals surface area contributed by atoms with E-state index in [1.807, 2.05) is 44.2 Å². The number of ether oxygens (including phenoxy) is 1. The molecule has 2 aromatic rings. The molecule has 1 amide bonds. The van der Waals surface area contributed by atoms with E-state index in [1.54, 1.807) is 0 Å². The van der Waals surface area contributed by atoms with E-state index in [1.165, 1.54) is 5.56 Å². The SMILES string of the molecule is CC(C)Oc1cccc(CCCNC(=O)[C@@H]2CCCN(Cc3ccccc3Cl)C2)c1. The lowest BCUT2D eigenvalue weighted by Gasteiger charge is -2.32. The van der Waals surface area contributed by atoms with Gasteiger partial charge in [0.25, 0.3) is 0 Å². The van der Waals surface area contributed by atoms with E-state index < -0.39 is 0 Å². The number of hydrogen-bond acceptors (Lipinski definition) is 3. The summed E-state index contributed by atoms with van der Waals surface area (Å²) in [6, 6.07) is 16.2. The molecule has 0 aromatic heterocycles. The summed E-state index contributed by atoms with van der Waals surface area (Å²) in [6.07, 6.45) is 4.03. The molecule has 0 spiro atoms. The topological polar surface area (TPSA) is 41.6 Å². The summed E-state index contributed by atoms with van der Waals surface area (Å²) in [4.78, 5) is 15.0. The van der Waals surface area contributed by atoms with Crippen molar-refractivity contribution in [3.63, 3.8) is 0 Å². The number of likely N-dealkylation sites (tertiary alicyclic amines) is 1. The molecule has 1 atom stereocenters. The third kappa shape index (κ3) is 7.03. The van der Waals surface area contributed by atoms with E-state index in [2.05, 4.69) is 28.4 Å². The van der Waals surface area contributed by atoms with Crippen LogP contribution in [0.3, 0.4) is 0 Å². The van der Waals surface area contributed by atoms with Gasteiger partial charge in [-0.15, -0.1) is 0 Å². The standard InChI is InChI=1S/C25H33ClN2O2/c1-19(2)30-23-12-5-8-20(16-23)9-6-14-27-25(29)22-11-7-15-28(18-22)17-21-10-3-4-13-24(21)26/h3-5,8,10,12-13,16,19,22H,6-7,9,11,14-15,17-18H2,1-2H3,(H,27,29)/t22-/m1/s1. The van der Waals surface area contributed by atoms with Crippen LogP contribution >= 0.6 is 11.6 Å². The Kier molecular flexibility index (Phi) is 8.59. The van der Waals surface area contributed by atoms with Crippen LogP contribution in [0.5, 0.6) is 5.75 Å². The molecule has 1 fully saturated rings. The van der Waals surface area contributed by atoms with Gasteiger partial charge in [0.1, 0.15) is 5.75 Å². The first kappa shape index (κ1) is 22.6. The van der Waals surface area contributed by atoms with Gasteiger partial charge < -0.3 is 10.1 Å². The van der Waals surface area contributed by atoms with Crippen molar-refractivity contribution in [1.82, 2.24) is 10.2 Å². The van der Waals surface area contributed by atoms with Crippen molar-refractivity contribution in [3.8, 4) is 5.75 Å². The van der Waals surface area contributed by atoms with Crippen LogP contribution in [0.1, 0.15) is 44.2 Å². The van der Waals surface area contributed by atoms with Gasteiger partial charge in [-0.25, -0.2) is 0 Å². The lowest BCUT2D eigenvalue weighted by Crippen LogP contribution is -2.43. The van der Waals surface area contributed by atoms with Gasteiger partial charge in [0.05, 0.1) is 12.0 Å². The lowest BCUT2D eigenvalue weighted by molar-refractivity contribution is -0.126. The quantitative estimate of drug-likeness (QED) is 0.565. The molecule has 0 bridgehead atoms. The maximum Gasteiger partial charge on any atom is 0.224 e. The zero-order valence-corrected chi connectivity index (χ0v) is 18.8. The van der Waals surface area contributed by atoms with Gasteiger partial charge >= 0.3 is 0 Å². The minimum atomic E-state index is 0.0593. The highest BCUT2D eigenvalue weighted by molar-refractivity contribution is 6.31.